The second kappa shape index (κ2) is 8.28. The van der Waals surface area contributed by atoms with Gasteiger partial charge in [0.1, 0.15) is 0 Å². The molecule has 0 aromatic heterocycles. The number of rotatable bonds is 4. The SMILES string of the molecule is C=CCCC1CN(S(=O)(=O)C(F)(F)F)Cc2c(ccc(C(F)(F)F)c2C#CC)N1. The van der Waals surface area contributed by atoms with Gasteiger partial charge in [-0.05, 0) is 31.9 Å². The van der Waals surface area contributed by atoms with Crippen LogP contribution in [0.25, 0.3) is 0 Å². The van der Waals surface area contributed by atoms with E-state index >= 15 is 0 Å². The summed E-state index contributed by atoms with van der Waals surface area (Å²) in [5.41, 5.74) is -7.40. The summed E-state index contributed by atoms with van der Waals surface area (Å²) >= 11 is 0. The van der Waals surface area contributed by atoms with Crippen LogP contribution < -0.4 is 5.32 Å². The zero-order valence-electron chi connectivity index (χ0n) is 15.3. The Hall–Kier alpha value is -2.19. The van der Waals surface area contributed by atoms with Crippen molar-refractivity contribution in [1.29, 1.82) is 0 Å². The van der Waals surface area contributed by atoms with Gasteiger partial charge < -0.3 is 5.32 Å². The Balaban J connectivity index is 2.70. The van der Waals surface area contributed by atoms with Crippen LogP contribution in [0.3, 0.4) is 0 Å². The molecule has 0 saturated carbocycles. The highest BCUT2D eigenvalue weighted by molar-refractivity contribution is 7.89. The van der Waals surface area contributed by atoms with Crippen molar-refractivity contribution in [2.24, 2.45) is 0 Å². The van der Waals surface area contributed by atoms with Gasteiger partial charge >= 0.3 is 21.7 Å². The van der Waals surface area contributed by atoms with E-state index in [-0.39, 0.29) is 22.0 Å². The van der Waals surface area contributed by atoms with Crippen LogP contribution in [0.1, 0.15) is 36.5 Å². The number of allylic oxidation sites excluding steroid dienone is 1. The van der Waals surface area contributed by atoms with Crippen LogP contribution in [0.2, 0.25) is 0 Å². The molecule has 2 rings (SSSR count). The molecule has 0 aliphatic carbocycles. The van der Waals surface area contributed by atoms with Crippen molar-refractivity contribution < 1.29 is 34.8 Å². The summed E-state index contributed by atoms with van der Waals surface area (Å²) in [6, 6.07) is 1.11. The Bertz CT molecular complexity index is 942. The first-order valence-corrected chi connectivity index (χ1v) is 9.86. The fourth-order valence-corrected chi connectivity index (χ4v) is 3.98. The van der Waals surface area contributed by atoms with E-state index in [0.717, 1.165) is 12.1 Å². The van der Waals surface area contributed by atoms with Crippen molar-refractivity contribution in [3.63, 3.8) is 0 Å². The minimum atomic E-state index is -5.77. The van der Waals surface area contributed by atoms with Gasteiger partial charge in [0.05, 0.1) is 5.56 Å². The van der Waals surface area contributed by atoms with E-state index in [2.05, 4.69) is 23.7 Å². The zero-order valence-corrected chi connectivity index (χ0v) is 16.1. The molecular formula is C18H18F6N2O2S. The molecule has 4 nitrogen and oxygen atoms in total. The molecule has 0 fully saturated rings. The molecule has 1 heterocycles. The summed E-state index contributed by atoms with van der Waals surface area (Å²) < 4.78 is 104. The second-order valence-electron chi connectivity index (χ2n) is 6.34. The lowest BCUT2D eigenvalue weighted by Crippen LogP contribution is -2.44. The third-order valence-electron chi connectivity index (χ3n) is 4.34. The van der Waals surface area contributed by atoms with E-state index < -0.39 is 52.0 Å². The third kappa shape index (κ3) is 4.87. The number of nitrogens with one attached hydrogen (secondary N) is 1. The van der Waals surface area contributed by atoms with Crippen molar-refractivity contribution in [3.8, 4) is 11.8 Å². The number of fused-ring (bicyclic) bond motifs is 1. The predicted molar refractivity (Wildman–Crippen MR) is 96.2 cm³/mol. The number of benzene rings is 1. The number of nitrogens with zero attached hydrogens (tertiary/aromatic N) is 1. The molecule has 29 heavy (non-hydrogen) atoms. The molecule has 160 valence electrons. The average molecular weight is 440 g/mol. The van der Waals surface area contributed by atoms with Crippen molar-refractivity contribution in [2.45, 2.75) is 44.0 Å². The Morgan fingerprint density at radius 3 is 2.45 bits per heavy atom. The van der Waals surface area contributed by atoms with E-state index in [1.807, 2.05) is 0 Å². The van der Waals surface area contributed by atoms with Crippen LogP contribution in [0.5, 0.6) is 0 Å². The van der Waals surface area contributed by atoms with Crippen LogP contribution in [-0.2, 0) is 22.7 Å². The Morgan fingerprint density at radius 2 is 1.93 bits per heavy atom. The number of anilines is 1. The summed E-state index contributed by atoms with van der Waals surface area (Å²) in [6.45, 7) is 3.34. The molecular weight excluding hydrogens is 422 g/mol. The molecule has 0 saturated heterocycles. The third-order valence-corrected chi connectivity index (χ3v) is 5.88. The fraction of sp³-hybridized carbons (Fsp3) is 0.444. The van der Waals surface area contributed by atoms with Crippen LogP contribution >= 0.6 is 0 Å². The van der Waals surface area contributed by atoms with E-state index in [0.29, 0.717) is 6.42 Å². The van der Waals surface area contributed by atoms with Crippen LogP contribution in [0, 0.1) is 11.8 Å². The Kier molecular flexibility index (Phi) is 6.59. The number of hydrogen-bond donors (Lipinski definition) is 1. The van der Waals surface area contributed by atoms with Gasteiger partial charge in [0, 0.05) is 35.9 Å². The quantitative estimate of drug-likeness (QED) is 0.427. The molecule has 1 N–H and O–H groups in total. The lowest BCUT2D eigenvalue weighted by Gasteiger charge is -2.25. The molecule has 0 spiro atoms. The number of hydrogen-bond acceptors (Lipinski definition) is 3. The lowest BCUT2D eigenvalue weighted by atomic mass is 9.98. The van der Waals surface area contributed by atoms with Gasteiger partial charge in [-0.3, -0.25) is 0 Å². The number of alkyl halides is 6. The summed E-state index contributed by atoms with van der Waals surface area (Å²) in [5.74, 6) is 4.59. The normalized spacial score (nSPS) is 18.1. The largest absolute Gasteiger partial charge is 0.511 e. The second-order valence-corrected chi connectivity index (χ2v) is 8.27. The summed E-state index contributed by atoms with van der Waals surface area (Å²) in [4.78, 5) is 0. The Labute approximate surface area is 164 Å². The van der Waals surface area contributed by atoms with Crippen LogP contribution in [0.4, 0.5) is 32.0 Å². The maximum Gasteiger partial charge on any atom is 0.511 e. The first-order chi connectivity index (χ1) is 13.3. The van der Waals surface area contributed by atoms with Crippen LogP contribution in [-0.4, -0.2) is 30.8 Å². The first kappa shape index (κ1) is 23.1. The minimum absolute atomic E-state index is 0.115. The maximum absolute atomic E-state index is 13.4. The highest BCUT2D eigenvalue weighted by Gasteiger charge is 2.51. The molecule has 1 aliphatic heterocycles. The molecule has 0 radical (unpaired) electrons. The highest BCUT2D eigenvalue weighted by atomic mass is 32.2. The molecule has 1 atom stereocenters. The molecule has 1 aliphatic rings. The lowest BCUT2D eigenvalue weighted by molar-refractivity contribution is -0.137. The summed E-state index contributed by atoms with van der Waals surface area (Å²) in [6.07, 6.45) is -2.69. The van der Waals surface area contributed by atoms with Crippen molar-refractivity contribution in [2.75, 3.05) is 11.9 Å². The van der Waals surface area contributed by atoms with Crippen LogP contribution in [0.15, 0.2) is 24.8 Å². The van der Waals surface area contributed by atoms with Gasteiger partial charge in [-0.2, -0.15) is 30.6 Å². The topological polar surface area (TPSA) is 49.4 Å². The van der Waals surface area contributed by atoms with E-state index in [1.54, 1.807) is 0 Å². The smallest absolute Gasteiger partial charge is 0.381 e. The van der Waals surface area contributed by atoms with Gasteiger partial charge in [0.15, 0.2) is 0 Å². The van der Waals surface area contributed by atoms with E-state index in [9.17, 15) is 34.8 Å². The average Bonchev–Trinajstić information content (AvgIpc) is 2.78. The van der Waals surface area contributed by atoms with Gasteiger partial charge in [-0.1, -0.05) is 12.0 Å². The van der Waals surface area contributed by atoms with Gasteiger partial charge in [-0.15, -0.1) is 12.5 Å². The number of halogens is 6. The van der Waals surface area contributed by atoms with Crippen molar-refractivity contribution in [3.05, 3.63) is 41.5 Å². The molecule has 0 amide bonds. The van der Waals surface area contributed by atoms with Gasteiger partial charge in [-0.25, -0.2) is 8.42 Å². The molecule has 1 aromatic carbocycles. The molecule has 11 heteroatoms. The predicted octanol–water partition coefficient (Wildman–Crippen LogP) is 4.49. The first-order valence-electron chi connectivity index (χ1n) is 8.42. The minimum Gasteiger partial charge on any atom is -0.381 e. The number of sulfonamides is 1. The summed E-state index contributed by atoms with van der Waals surface area (Å²) in [7, 11) is -5.77. The van der Waals surface area contributed by atoms with E-state index in [1.165, 1.54) is 13.0 Å². The summed E-state index contributed by atoms with van der Waals surface area (Å²) in [5, 5.41) is 2.87. The van der Waals surface area contributed by atoms with E-state index in [4.69, 9.17) is 0 Å². The standard InChI is InChI=1S/C18H18F6N2O2S/c1-3-5-7-12-10-26(29(27,28)18(22,23)24)11-14-13(6-4-2)15(17(19,20)21)8-9-16(14)25-12/h3,8-9,12,25H,1,5,7,10-11H2,2H3. The Morgan fingerprint density at radius 1 is 1.28 bits per heavy atom. The molecule has 1 unspecified atom stereocenters. The molecule has 1 aromatic rings. The van der Waals surface area contributed by atoms with Crippen molar-refractivity contribution >= 4 is 15.7 Å². The zero-order chi connectivity index (χ0) is 22.0. The van der Waals surface area contributed by atoms with Crippen molar-refractivity contribution in [1.82, 2.24) is 4.31 Å². The maximum atomic E-state index is 13.4. The monoisotopic (exact) mass is 440 g/mol. The fourth-order valence-electron chi connectivity index (χ4n) is 3.02. The molecule has 0 bridgehead atoms. The highest BCUT2D eigenvalue weighted by Crippen LogP contribution is 2.39. The van der Waals surface area contributed by atoms with Gasteiger partial charge in [0.25, 0.3) is 0 Å². The van der Waals surface area contributed by atoms with Gasteiger partial charge in [0.2, 0.25) is 0 Å².